The lowest BCUT2D eigenvalue weighted by atomic mass is 10.1. The first-order valence-corrected chi connectivity index (χ1v) is 4.26. The minimum atomic E-state index is -0.656. The largest absolute Gasteiger partial charge is 0.350 e. The molecule has 0 aliphatic rings. The highest BCUT2D eigenvalue weighted by Gasteiger charge is 1.96. The Morgan fingerprint density at radius 3 is 2.43 bits per heavy atom. The van der Waals surface area contributed by atoms with Gasteiger partial charge in [-0.2, -0.15) is 5.10 Å². The average molecular weight is 191 g/mol. The van der Waals surface area contributed by atoms with E-state index < -0.39 is 6.03 Å². The standard InChI is InChI=1S/C10H13N3O/c1-7-3-5-9(6-4-7)8(2)12-13-10(11)14/h3-6H,1-2H3,(H3,11,13,14)/b12-8+. The predicted molar refractivity (Wildman–Crippen MR) is 56.1 cm³/mol. The highest BCUT2D eigenvalue weighted by Crippen LogP contribution is 2.03. The average Bonchev–Trinajstić information content (AvgIpc) is 2.15. The lowest BCUT2D eigenvalue weighted by Gasteiger charge is -2.01. The number of nitrogens with one attached hydrogen (secondary N) is 1. The van der Waals surface area contributed by atoms with E-state index in [1.54, 1.807) is 6.92 Å². The summed E-state index contributed by atoms with van der Waals surface area (Å²) in [4.78, 5) is 10.4. The van der Waals surface area contributed by atoms with E-state index in [1.807, 2.05) is 31.2 Å². The molecule has 0 atom stereocenters. The molecule has 0 saturated heterocycles. The molecule has 1 aromatic carbocycles. The van der Waals surface area contributed by atoms with Crippen molar-refractivity contribution < 1.29 is 4.79 Å². The fourth-order valence-electron chi connectivity index (χ4n) is 0.998. The summed E-state index contributed by atoms with van der Waals surface area (Å²) in [5, 5.41) is 3.82. The number of primary amides is 1. The Morgan fingerprint density at radius 1 is 1.36 bits per heavy atom. The Labute approximate surface area is 82.8 Å². The van der Waals surface area contributed by atoms with Gasteiger partial charge in [-0.25, -0.2) is 10.2 Å². The zero-order valence-corrected chi connectivity index (χ0v) is 8.24. The Morgan fingerprint density at radius 2 is 1.93 bits per heavy atom. The molecule has 2 amide bonds. The molecular formula is C10H13N3O. The van der Waals surface area contributed by atoms with Gasteiger partial charge >= 0.3 is 6.03 Å². The number of urea groups is 1. The molecule has 74 valence electrons. The Balaban J connectivity index is 2.78. The lowest BCUT2D eigenvalue weighted by Crippen LogP contribution is -2.25. The number of carbonyl (C=O) groups is 1. The predicted octanol–water partition coefficient (Wildman–Crippen LogP) is 1.39. The van der Waals surface area contributed by atoms with E-state index in [2.05, 4.69) is 10.5 Å². The third-order valence-electron chi connectivity index (χ3n) is 1.80. The molecule has 0 saturated carbocycles. The topological polar surface area (TPSA) is 67.5 Å². The maximum Gasteiger partial charge on any atom is 0.332 e. The number of nitrogens with two attached hydrogens (primary N) is 1. The summed E-state index contributed by atoms with van der Waals surface area (Å²) in [6.07, 6.45) is 0. The van der Waals surface area contributed by atoms with Crippen LogP contribution in [-0.2, 0) is 0 Å². The third kappa shape index (κ3) is 2.90. The molecule has 14 heavy (non-hydrogen) atoms. The van der Waals surface area contributed by atoms with Crippen LogP contribution in [0.25, 0.3) is 0 Å². The number of carbonyl (C=O) groups excluding carboxylic acids is 1. The monoisotopic (exact) mass is 191 g/mol. The van der Waals surface area contributed by atoms with Gasteiger partial charge in [0.05, 0.1) is 5.71 Å². The van der Waals surface area contributed by atoms with Crippen LogP contribution in [0.3, 0.4) is 0 Å². The summed E-state index contributed by atoms with van der Waals surface area (Å²) in [5.41, 5.74) is 9.94. The van der Waals surface area contributed by atoms with E-state index in [-0.39, 0.29) is 0 Å². The van der Waals surface area contributed by atoms with Crippen LogP contribution < -0.4 is 11.2 Å². The fraction of sp³-hybridized carbons (Fsp3) is 0.200. The van der Waals surface area contributed by atoms with E-state index >= 15 is 0 Å². The zero-order valence-electron chi connectivity index (χ0n) is 8.24. The molecule has 0 unspecified atom stereocenters. The molecule has 4 nitrogen and oxygen atoms in total. The van der Waals surface area contributed by atoms with Gasteiger partial charge in [0.25, 0.3) is 0 Å². The maximum atomic E-state index is 10.4. The number of nitrogens with zero attached hydrogens (tertiary/aromatic N) is 1. The quantitative estimate of drug-likeness (QED) is 0.538. The number of hydrogen-bond acceptors (Lipinski definition) is 2. The van der Waals surface area contributed by atoms with Crippen molar-refractivity contribution in [1.82, 2.24) is 5.43 Å². The molecule has 4 heteroatoms. The normalized spacial score (nSPS) is 11.1. The number of benzene rings is 1. The van der Waals surface area contributed by atoms with E-state index in [9.17, 15) is 4.79 Å². The zero-order chi connectivity index (χ0) is 10.6. The molecular weight excluding hydrogens is 178 g/mol. The molecule has 0 fully saturated rings. The smallest absolute Gasteiger partial charge is 0.332 e. The van der Waals surface area contributed by atoms with Crippen LogP contribution in [0.4, 0.5) is 4.79 Å². The highest BCUT2D eigenvalue weighted by atomic mass is 16.2. The van der Waals surface area contributed by atoms with Gasteiger partial charge in [0.15, 0.2) is 0 Å². The van der Waals surface area contributed by atoms with Gasteiger partial charge in [0.2, 0.25) is 0 Å². The van der Waals surface area contributed by atoms with Gasteiger partial charge in [-0.3, -0.25) is 0 Å². The second kappa shape index (κ2) is 4.41. The Hall–Kier alpha value is -1.84. The van der Waals surface area contributed by atoms with Gasteiger partial charge in [-0.05, 0) is 19.4 Å². The van der Waals surface area contributed by atoms with Gasteiger partial charge in [0.1, 0.15) is 0 Å². The summed E-state index contributed by atoms with van der Waals surface area (Å²) in [6, 6.07) is 7.20. The first-order valence-electron chi connectivity index (χ1n) is 4.26. The van der Waals surface area contributed by atoms with E-state index in [0.717, 1.165) is 11.3 Å². The Kier molecular flexibility index (Phi) is 3.23. The van der Waals surface area contributed by atoms with Crippen molar-refractivity contribution in [3.63, 3.8) is 0 Å². The molecule has 1 rings (SSSR count). The summed E-state index contributed by atoms with van der Waals surface area (Å²) < 4.78 is 0. The second-order valence-corrected chi connectivity index (χ2v) is 3.04. The summed E-state index contributed by atoms with van der Waals surface area (Å²) in [6.45, 7) is 3.82. The van der Waals surface area contributed by atoms with Crippen LogP contribution in [-0.4, -0.2) is 11.7 Å². The van der Waals surface area contributed by atoms with E-state index in [0.29, 0.717) is 0 Å². The van der Waals surface area contributed by atoms with Crippen molar-refractivity contribution in [1.29, 1.82) is 0 Å². The fourth-order valence-corrected chi connectivity index (χ4v) is 0.998. The van der Waals surface area contributed by atoms with Gasteiger partial charge < -0.3 is 5.73 Å². The Bertz CT molecular complexity index is 354. The second-order valence-electron chi connectivity index (χ2n) is 3.04. The van der Waals surface area contributed by atoms with E-state index in [4.69, 9.17) is 5.73 Å². The van der Waals surface area contributed by atoms with E-state index in [1.165, 1.54) is 5.56 Å². The molecule has 0 heterocycles. The molecule has 0 spiro atoms. The number of rotatable bonds is 2. The molecule has 0 radical (unpaired) electrons. The van der Waals surface area contributed by atoms with Crippen molar-refractivity contribution in [2.45, 2.75) is 13.8 Å². The molecule has 0 aliphatic carbocycles. The van der Waals surface area contributed by atoms with Crippen LogP contribution in [0.15, 0.2) is 29.4 Å². The van der Waals surface area contributed by atoms with Gasteiger partial charge in [-0.15, -0.1) is 0 Å². The SMILES string of the molecule is C/C(=N\NC(N)=O)c1ccc(C)cc1. The maximum absolute atomic E-state index is 10.4. The van der Waals surface area contributed by atoms with Crippen molar-refractivity contribution in [2.24, 2.45) is 10.8 Å². The van der Waals surface area contributed by atoms with Crippen LogP contribution in [0, 0.1) is 6.92 Å². The number of hydrogen-bond donors (Lipinski definition) is 2. The lowest BCUT2D eigenvalue weighted by molar-refractivity contribution is 0.249. The minimum Gasteiger partial charge on any atom is -0.350 e. The highest BCUT2D eigenvalue weighted by molar-refractivity contribution is 5.99. The van der Waals surface area contributed by atoms with Crippen molar-refractivity contribution in [2.75, 3.05) is 0 Å². The molecule has 0 aromatic heterocycles. The summed E-state index contributed by atoms with van der Waals surface area (Å²) in [5.74, 6) is 0. The van der Waals surface area contributed by atoms with Gasteiger partial charge in [0, 0.05) is 0 Å². The first-order chi connectivity index (χ1) is 6.59. The van der Waals surface area contributed by atoms with Crippen molar-refractivity contribution in [3.05, 3.63) is 35.4 Å². The van der Waals surface area contributed by atoms with Crippen molar-refractivity contribution >= 4 is 11.7 Å². The number of aryl methyl sites for hydroxylation is 1. The molecule has 1 aromatic rings. The van der Waals surface area contributed by atoms with Crippen LogP contribution >= 0.6 is 0 Å². The number of hydrazone groups is 1. The van der Waals surface area contributed by atoms with Gasteiger partial charge in [-0.1, -0.05) is 29.8 Å². The minimum absolute atomic E-state index is 0.656. The molecule has 0 bridgehead atoms. The van der Waals surface area contributed by atoms with Crippen molar-refractivity contribution in [3.8, 4) is 0 Å². The third-order valence-corrected chi connectivity index (χ3v) is 1.80. The number of amides is 2. The van der Waals surface area contributed by atoms with Crippen LogP contribution in [0.1, 0.15) is 18.1 Å². The first kappa shape index (κ1) is 10.2. The molecule has 0 aliphatic heterocycles. The summed E-state index contributed by atoms with van der Waals surface area (Å²) >= 11 is 0. The van der Waals surface area contributed by atoms with Crippen LogP contribution in [0.5, 0.6) is 0 Å². The molecule has 3 N–H and O–H groups in total. The van der Waals surface area contributed by atoms with Crippen LogP contribution in [0.2, 0.25) is 0 Å². The summed E-state index contributed by atoms with van der Waals surface area (Å²) in [7, 11) is 0.